The third-order valence-corrected chi connectivity index (χ3v) is 4.80. The molecular weight excluding hydrogens is 390 g/mol. The van der Waals surface area contributed by atoms with Crippen molar-refractivity contribution >= 4 is 0 Å². The number of rotatable bonds is 0. The SMILES string of the molecule is C1=CC2[CH-]CCC2C=C1.CC1=[C-]C(C)(C)C(C)=C1C.[Cl-].[Cl-].[Zr+4]. The molecule has 2 unspecified atom stereocenters. The maximum Gasteiger partial charge on any atom is 4.00 e. The predicted molar refractivity (Wildman–Crippen MR) is 83.4 cm³/mol. The summed E-state index contributed by atoms with van der Waals surface area (Å²) in [6, 6.07) is 0. The molecule has 0 heterocycles. The third kappa shape index (κ3) is 5.81. The molecule has 0 amide bonds. The molecule has 0 N–H and O–H groups in total. The molecule has 0 aromatic carbocycles. The second-order valence-corrected chi connectivity index (χ2v) is 6.45. The van der Waals surface area contributed by atoms with Gasteiger partial charge in [-0.2, -0.15) is 17.6 Å². The van der Waals surface area contributed by atoms with Crippen LogP contribution in [-0.2, 0) is 26.2 Å². The minimum absolute atomic E-state index is 0. The van der Waals surface area contributed by atoms with Gasteiger partial charge in [0.15, 0.2) is 0 Å². The third-order valence-electron chi connectivity index (χ3n) is 4.80. The Bertz CT molecular complexity index is 452. The Hall–Kier alpha value is 0.423. The van der Waals surface area contributed by atoms with E-state index in [4.69, 9.17) is 0 Å². The first-order valence-electron chi connectivity index (χ1n) is 7.40. The standard InChI is InChI=1S/C10H15.C9H11.2ClH.Zr/c1-7-6-10(4,5)9(3)8(7)2;1-2-5-9-7-3-6-8(9)4-1;;;/h1-5H3;1-2,4-6,8-9H,3,7H2;2*1H;/q2*-1;;;+4/p-2. The van der Waals surface area contributed by atoms with Gasteiger partial charge in [0.1, 0.15) is 0 Å². The summed E-state index contributed by atoms with van der Waals surface area (Å²) >= 11 is 0. The molecule has 120 valence electrons. The average Bonchev–Trinajstić information content (AvgIpc) is 2.90. The number of hydrogen-bond acceptors (Lipinski definition) is 0. The van der Waals surface area contributed by atoms with E-state index >= 15 is 0 Å². The molecular formula is C19H26Cl2Zr. The average molecular weight is 417 g/mol. The summed E-state index contributed by atoms with van der Waals surface area (Å²) in [5.74, 6) is 1.62. The van der Waals surface area contributed by atoms with Crippen LogP contribution in [0.25, 0.3) is 0 Å². The Morgan fingerprint density at radius 1 is 1.09 bits per heavy atom. The van der Waals surface area contributed by atoms with Crippen molar-refractivity contribution in [1.82, 2.24) is 0 Å². The summed E-state index contributed by atoms with van der Waals surface area (Å²) in [6.07, 6.45) is 17.5. The number of hydrogen-bond donors (Lipinski definition) is 0. The summed E-state index contributed by atoms with van der Waals surface area (Å²) in [7, 11) is 0. The van der Waals surface area contributed by atoms with E-state index in [0.717, 1.165) is 11.8 Å². The Labute approximate surface area is 168 Å². The molecule has 0 nitrogen and oxygen atoms in total. The van der Waals surface area contributed by atoms with Crippen LogP contribution in [0.15, 0.2) is 41.0 Å². The summed E-state index contributed by atoms with van der Waals surface area (Å²) in [5, 5.41) is 0. The van der Waals surface area contributed by atoms with Crippen LogP contribution in [0.3, 0.4) is 0 Å². The van der Waals surface area contributed by atoms with Gasteiger partial charge in [0.2, 0.25) is 0 Å². The quantitative estimate of drug-likeness (QED) is 0.466. The van der Waals surface area contributed by atoms with E-state index in [1.54, 1.807) is 0 Å². The molecule has 0 aliphatic heterocycles. The number of halogens is 2. The van der Waals surface area contributed by atoms with Crippen LogP contribution in [-0.4, -0.2) is 0 Å². The Morgan fingerprint density at radius 2 is 1.68 bits per heavy atom. The molecule has 0 saturated heterocycles. The zero-order valence-corrected chi connectivity index (χ0v) is 18.2. The molecule has 3 rings (SSSR count). The molecule has 0 spiro atoms. The van der Waals surface area contributed by atoms with E-state index in [9.17, 15) is 0 Å². The summed E-state index contributed by atoms with van der Waals surface area (Å²) in [5.41, 5.74) is 4.39. The summed E-state index contributed by atoms with van der Waals surface area (Å²) < 4.78 is 0. The normalized spacial score (nSPS) is 26.7. The smallest absolute Gasteiger partial charge is 1.00 e. The fourth-order valence-electron chi connectivity index (χ4n) is 3.10. The van der Waals surface area contributed by atoms with Gasteiger partial charge in [0.05, 0.1) is 0 Å². The van der Waals surface area contributed by atoms with Gasteiger partial charge in [0, 0.05) is 0 Å². The van der Waals surface area contributed by atoms with Gasteiger partial charge in [-0.25, -0.2) is 5.57 Å². The van der Waals surface area contributed by atoms with Crippen LogP contribution in [0.5, 0.6) is 0 Å². The fraction of sp³-hybridized carbons (Fsp3) is 0.526. The van der Waals surface area contributed by atoms with Crippen LogP contribution in [0.2, 0.25) is 0 Å². The van der Waals surface area contributed by atoms with E-state index in [1.165, 1.54) is 29.6 Å². The van der Waals surface area contributed by atoms with E-state index in [1.807, 2.05) is 0 Å². The molecule has 1 fully saturated rings. The maximum absolute atomic E-state index is 3.44. The molecule has 0 bridgehead atoms. The molecule has 22 heavy (non-hydrogen) atoms. The van der Waals surface area contributed by atoms with Crippen molar-refractivity contribution < 1.29 is 51.0 Å². The second kappa shape index (κ2) is 10.3. The zero-order chi connectivity index (χ0) is 14.0. The predicted octanol–water partition coefficient (Wildman–Crippen LogP) is -0.540. The summed E-state index contributed by atoms with van der Waals surface area (Å²) in [4.78, 5) is 0. The zero-order valence-electron chi connectivity index (χ0n) is 14.2. The topological polar surface area (TPSA) is 0 Å². The molecule has 2 atom stereocenters. The monoisotopic (exact) mass is 414 g/mol. The van der Waals surface area contributed by atoms with Crippen molar-refractivity contribution in [2.45, 2.75) is 47.5 Å². The number of allylic oxidation sites excluding steroid dienone is 8. The van der Waals surface area contributed by atoms with Crippen LogP contribution in [0, 0.1) is 29.7 Å². The van der Waals surface area contributed by atoms with Gasteiger partial charge in [0.25, 0.3) is 0 Å². The molecule has 0 aromatic heterocycles. The van der Waals surface area contributed by atoms with Gasteiger partial charge in [-0.3, -0.25) is 6.08 Å². The maximum atomic E-state index is 3.44. The van der Waals surface area contributed by atoms with Gasteiger partial charge in [-0.1, -0.05) is 57.8 Å². The van der Waals surface area contributed by atoms with E-state index in [2.05, 4.69) is 71.4 Å². The first-order chi connectivity index (χ1) is 8.92. The number of fused-ring (bicyclic) bond motifs is 1. The minimum Gasteiger partial charge on any atom is -1.00 e. The van der Waals surface area contributed by atoms with Crippen molar-refractivity contribution in [1.29, 1.82) is 0 Å². The minimum atomic E-state index is 0. The van der Waals surface area contributed by atoms with E-state index in [-0.39, 0.29) is 56.4 Å². The Kier molecular flexibility index (Phi) is 11.6. The Balaban J connectivity index is 0. The van der Waals surface area contributed by atoms with Crippen molar-refractivity contribution in [3.05, 3.63) is 53.5 Å². The molecule has 0 radical (unpaired) electrons. The van der Waals surface area contributed by atoms with Crippen LogP contribution < -0.4 is 24.8 Å². The van der Waals surface area contributed by atoms with Crippen molar-refractivity contribution in [3.8, 4) is 0 Å². The van der Waals surface area contributed by atoms with Crippen LogP contribution in [0.4, 0.5) is 0 Å². The van der Waals surface area contributed by atoms with Crippen LogP contribution >= 0.6 is 0 Å². The van der Waals surface area contributed by atoms with Gasteiger partial charge >= 0.3 is 26.2 Å². The molecule has 3 aliphatic carbocycles. The van der Waals surface area contributed by atoms with E-state index < -0.39 is 0 Å². The second-order valence-electron chi connectivity index (χ2n) is 6.45. The van der Waals surface area contributed by atoms with Gasteiger partial charge in [-0.15, -0.1) is 18.9 Å². The first kappa shape index (κ1) is 24.7. The van der Waals surface area contributed by atoms with Crippen LogP contribution in [0.1, 0.15) is 47.5 Å². The van der Waals surface area contributed by atoms with Crippen molar-refractivity contribution in [3.63, 3.8) is 0 Å². The molecule has 3 heteroatoms. The summed E-state index contributed by atoms with van der Waals surface area (Å²) in [6.45, 7) is 10.9. The first-order valence-corrected chi connectivity index (χ1v) is 7.40. The van der Waals surface area contributed by atoms with Crippen molar-refractivity contribution in [2.75, 3.05) is 0 Å². The van der Waals surface area contributed by atoms with Crippen molar-refractivity contribution in [2.24, 2.45) is 17.3 Å². The molecule has 0 aromatic rings. The van der Waals surface area contributed by atoms with Gasteiger partial charge < -0.3 is 31.2 Å². The molecule has 3 aliphatic rings. The van der Waals surface area contributed by atoms with Gasteiger partial charge in [-0.05, 0) is 5.92 Å². The Morgan fingerprint density at radius 3 is 2.09 bits per heavy atom. The molecule has 1 saturated carbocycles. The largest absolute Gasteiger partial charge is 4.00 e. The fourth-order valence-corrected chi connectivity index (χ4v) is 3.10. The van der Waals surface area contributed by atoms with E-state index in [0.29, 0.717) is 0 Å².